The Labute approximate surface area is 212 Å². The zero-order chi connectivity index (χ0) is 25.8. The Kier molecular flexibility index (Phi) is 5.37. The number of benzene rings is 2. The van der Waals surface area contributed by atoms with E-state index in [9.17, 15) is 6.48 Å². The maximum absolute atomic E-state index is 10.9. The number of fused-ring (bicyclic) bond motifs is 3. The number of imidazole rings is 1. The van der Waals surface area contributed by atoms with E-state index in [0.29, 0.717) is 13.2 Å². The molecule has 1 fully saturated rings. The molecule has 6 nitrogen and oxygen atoms in total. The fourth-order valence-electron chi connectivity index (χ4n) is 5.42. The Hall–Kier alpha value is -3.48. The van der Waals surface area contributed by atoms with Crippen LogP contribution in [0.5, 0.6) is 0 Å². The normalized spacial score (nSPS) is 17.4. The molecule has 5 aromatic rings. The van der Waals surface area contributed by atoms with E-state index in [0.717, 1.165) is 57.2 Å². The number of hydrogen-bond acceptors (Lipinski definition) is 4. The minimum Gasteiger partial charge on any atom is -0.386 e. The van der Waals surface area contributed by atoms with Crippen molar-refractivity contribution in [1.82, 2.24) is 19.1 Å². The van der Waals surface area contributed by atoms with Gasteiger partial charge in [-0.3, -0.25) is 4.98 Å². The largest absolute Gasteiger partial charge is 0.386 e. The van der Waals surface area contributed by atoms with Crippen LogP contribution in [-0.4, -0.2) is 37.4 Å². The highest BCUT2D eigenvalue weighted by Crippen LogP contribution is 2.41. The summed E-state index contributed by atoms with van der Waals surface area (Å²) in [7, 11) is 1.97. The van der Waals surface area contributed by atoms with Crippen LogP contribution >= 0.6 is 0 Å². The lowest BCUT2D eigenvalue weighted by Crippen LogP contribution is -2.27. The fraction of sp³-hybridized carbons (Fsp3) is 0.333. The van der Waals surface area contributed by atoms with Crippen molar-refractivity contribution in [1.29, 1.82) is 0 Å². The molecule has 0 amide bonds. The first kappa shape index (κ1) is 21.8. The Morgan fingerprint density at radius 2 is 1.83 bits per heavy atom. The first-order valence-electron chi connectivity index (χ1n) is 13.1. The molecule has 0 spiro atoms. The van der Waals surface area contributed by atoms with Gasteiger partial charge in [0, 0.05) is 37.4 Å². The summed E-state index contributed by atoms with van der Waals surface area (Å²) in [6.45, 7) is 4.87. The highest BCUT2D eigenvalue weighted by molar-refractivity contribution is 6.07. The highest BCUT2D eigenvalue weighted by atomic mass is 16.5. The van der Waals surface area contributed by atoms with Crippen LogP contribution < -0.4 is 0 Å². The molecule has 1 N–H and O–H groups in total. The smallest absolute Gasteiger partial charge is 0.0960 e. The van der Waals surface area contributed by atoms with Crippen molar-refractivity contribution in [2.75, 3.05) is 13.2 Å². The van der Waals surface area contributed by atoms with Gasteiger partial charge in [0.2, 0.25) is 0 Å². The van der Waals surface area contributed by atoms with Gasteiger partial charge in [0.25, 0.3) is 0 Å². The van der Waals surface area contributed by atoms with Crippen molar-refractivity contribution < 1.29 is 11.2 Å². The first-order valence-corrected chi connectivity index (χ1v) is 12.6. The molecular formula is C30H32N4O2. The molecule has 4 heterocycles. The molecule has 2 aromatic carbocycles. The molecule has 0 saturated carbocycles. The monoisotopic (exact) mass is 481 g/mol. The molecule has 1 aliphatic heterocycles. The van der Waals surface area contributed by atoms with Gasteiger partial charge in [-0.2, -0.15) is 0 Å². The molecule has 3 aromatic heterocycles. The van der Waals surface area contributed by atoms with Gasteiger partial charge in [0.1, 0.15) is 0 Å². The van der Waals surface area contributed by atoms with Crippen molar-refractivity contribution in [3.8, 4) is 11.3 Å². The topological polar surface area (TPSA) is 65.1 Å². The number of aliphatic hydroxyl groups is 1. The van der Waals surface area contributed by atoms with Crippen LogP contribution in [0.3, 0.4) is 0 Å². The third-order valence-corrected chi connectivity index (χ3v) is 7.34. The third kappa shape index (κ3) is 3.91. The number of pyridine rings is 1. The number of ether oxygens (including phenoxy) is 1. The summed E-state index contributed by atoms with van der Waals surface area (Å²) in [6.07, 6.45) is 7.09. The van der Waals surface area contributed by atoms with E-state index in [2.05, 4.69) is 27.8 Å². The minimum atomic E-state index is -1.10. The molecule has 6 rings (SSSR count). The summed E-state index contributed by atoms with van der Waals surface area (Å²) in [5.41, 5.74) is 5.27. The number of aryl methyl sites for hydroxylation is 1. The van der Waals surface area contributed by atoms with Crippen LogP contribution in [0.4, 0.5) is 0 Å². The van der Waals surface area contributed by atoms with E-state index in [-0.39, 0.29) is 5.92 Å². The van der Waals surface area contributed by atoms with Crippen molar-refractivity contribution >= 4 is 21.9 Å². The number of rotatable bonds is 5. The Balaban J connectivity index is 1.73. The van der Waals surface area contributed by atoms with E-state index in [1.165, 1.54) is 0 Å². The fourth-order valence-corrected chi connectivity index (χ4v) is 5.42. The standard InChI is InChI=1S/C30H32N4O2/c1-30(2,35)23-9-10-24-25(16-23)34(26-15-22(17-32-28(24)26)27-18-31-19-33(27)3)29(20-7-5-4-6-8-20)21-11-13-36-14-12-21/h4-10,15-19,21,29,35H,11-14H2,1-3H3/t29-/m1/s1/i29D. The number of aromatic nitrogens is 4. The van der Waals surface area contributed by atoms with Crippen molar-refractivity contribution in [3.05, 3.63) is 84.4 Å². The van der Waals surface area contributed by atoms with Crippen LogP contribution in [0.25, 0.3) is 33.2 Å². The van der Waals surface area contributed by atoms with Gasteiger partial charge in [-0.25, -0.2) is 4.98 Å². The molecule has 0 aliphatic carbocycles. The van der Waals surface area contributed by atoms with E-state index < -0.39 is 11.6 Å². The lowest BCUT2D eigenvalue weighted by Gasteiger charge is -2.33. The SMILES string of the molecule is [2H][C@@](c1ccccc1)(C1CCOCC1)n1c2cc(C(C)(C)O)ccc2c2ncc(-c3cncn3C)cc21. The Morgan fingerprint density at radius 1 is 1.06 bits per heavy atom. The minimum absolute atomic E-state index is 0.0357. The van der Waals surface area contributed by atoms with E-state index in [1.807, 2.05) is 60.4 Å². The Morgan fingerprint density at radius 3 is 2.53 bits per heavy atom. The van der Waals surface area contributed by atoms with Gasteiger partial charge in [0.05, 0.1) is 47.8 Å². The average Bonchev–Trinajstić information content (AvgIpc) is 3.49. The van der Waals surface area contributed by atoms with Crippen LogP contribution in [0.15, 0.2) is 73.3 Å². The third-order valence-electron chi connectivity index (χ3n) is 7.34. The highest BCUT2D eigenvalue weighted by Gasteiger charge is 2.31. The van der Waals surface area contributed by atoms with E-state index >= 15 is 0 Å². The predicted octanol–water partition coefficient (Wildman–Crippen LogP) is 5.83. The van der Waals surface area contributed by atoms with Crippen molar-refractivity contribution in [2.45, 2.75) is 38.3 Å². The lowest BCUT2D eigenvalue weighted by molar-refractivity contribution is 0.0552. The van der Waals surface area contributed by atoms with Crippen LogP contribution in [0, 0.1) is 5.92 Å². The van der Waals surface area contributed by atoms with Crippen LogP contribution in [0.2, 0.25) is 0 Å². The molecule has 36 heavy (non-hydrogen) atoms. The molecule has 0 radical (unpaired) electrons. The molecule has 6 heteroatoms. The van der Waals surface area contributed by atoms with Gasteiger partial charge < -0.3 is 19.0 Å². The second-order valence-electron chi connectivity index (χ2n) is 10.2. The Bertz CT molecular complexity index is 1580. The molecule has 1 aliphatic rings. The number of hydrogen-bond donors (Lipinski definition) is 1. The molecule has 0 bridgehead atoms. The first-order chi connectivity index (χ1) is 17.8. The maximum Gasteiger partial charge on any atom is 0.0960 e. The van der Waals surface area contributed by atoms with Gasteiger partial charge in [-0.1, -0.05) is 42.5 Å². The summed E-state index contributed by atoms with van der Waals surface area (Å²) in [4.78, 5) is 9.24. The summed E-state index contributed by atoms with van der Waals surface area (Å²) in [5, 5.41) is 11.9. The lowest BCUT2D eigenvalue weighted by atomic mass is 9.86. The molecular weight excluding hydrogens is 448 g/mol. The molecule has 1 saturated heterocycles. The second kappa shape index (κ2) is 8.87. The van der Waals surface area contributed by atoms with Gasteiger partial charge >= 0.3 is 0 Å². The maximum atomic E-state index is 10.9. The van der Waals surface area contributed by atoms with Gasteiger partial charge in [-0.15, -0.1) is 0 Å². The van der Waals surface area contributed by atoms with Crippen LogP contribution in [0.1, 0.15) is 45.2 Å². The summed E-state index contributed by atoms with van der Waals surface area (Å²) >= 11 is 0. The van der Waals surface area contributed by atoms with Gasteiger partial charge in [0.15, 0.2) is 0 Å². The molecule has 184 valence electrons. The predicted molar refractivity (Wildman–Crippen MR) is 143 cm³/mol. The average molecular weight is 482 g/mol. The van der Waals surface area contributed by atoms with E-state index in [4.69, 9.17) is 9.72 Å². The molecule has 1 atom stereocenters. The number of nitrogens with zero attached hydrogens (tertiary/aromatic N) is 4. The molecule has 0 unspecified atom stereocenters. The zero-order valence-electron chi connectivity index (χ0n) is 22.0. The summed E-state index contributed by atoms with van der Waals surface area (Å²) in [5.74, 6) is 0.0357. The van der Waals surface area contributed by atoms with Crippen molar-refractivity contribution in [3.63, 3.8) is 0 Å². The van der Waals surface area contributed by atoms with Crippen molar-refractivity contribution in [2.24, 2.45) is 13.0 Å². The quantitative estimate of drug-likeness (QED) is 0.343. The second-order valence-corrected chi connectivity index (χ2v) is 10.2. The van der Waals surface area contributed by atoms with Crippen LogP contribution in [-0.2, 0) is 17.4 Å². The summed E-state index contributed by atoms with van der Waals surface area (Å²) in [6, 6.07) is 17.2. The van der Waals surface area contributed by atoms with E-state index in [1.54, 1.807) is 20.2 Å². The van der Waals surface area contributed by atoms with Gasteiger partial charge in [-0.05, 0) is 55.9 Å². The zero-order valence-corrected chi connectivity index (χ0v) is 21.0. The summed E-state index contributed by atoms with van der Waals surface area (Å²) < 4.78 is 20.1.